The molecule has 0 amide bonds. The highest BCUT2D eigenvalue weighted by atomic mass is 19.1. The normalized spacial score (nSPS) is 12.2. The quantitative estimate of drug-likeness (QED) is 0.879. The van der Waals surface area contributed by atoms with Crippen molar-refractivity contribution in [1.29, 1.82) is 0 Å². The molecule has 0 spiro atoms. The fourth-order valence-electron chi connectivity index (χ4n) is 1.95. The SMILES string of the molecule is Cc1cc(F)c(NC(C)c2ccc(F)cc2O)cc1F. The summed E-state index contributed by atoms with van der Waals surface area (Å²) in [4.78, 5) is 0. The summed E-state index contributed by atoms with van der Waals surface area (Å²) >= 11 is 0. The first-order valence-electron chi connectivity index (χ1n) is 6.09. The van der Waals surface area contributed by atoms with Crippen molar-refractivity contribution in [3.8, 4) is 5.75 Å². The molecule has 0 saturated carbocycles. The minimum absolute atomic E-state index is 0.00988. The molecule has 0 bridgehead atoms. The minimum Gasteiger partial charge on any atom is -0.507 e. The number of aryl methyl sites for hydroxylation is 1. The van der Waals surface area contributed by atoms with Crippen molar-refractivity contribution in [2.24, 2.45) is 0 Å². The number of phenols is 1. The highest BCUT2D eigenvalue weighted by Gasteiger charge is 2.14. The molecule has 0 aliphatic rings. The van der Waals surface area contributed by atoms with Crippen LogP contribution in [0.3, 0.4) is 0 Å². The molecule has 0 aliphatic carbocycles. The zero-order valence-corrected chi connectivity index (χ0v) is 11.0. The van der Waals surface area contributed by atoms with Gasteiger partial charge in [0, 0.05) is 17.7 Å². The second-order valence-electron chi connectivity index (χ2n) is 4.65. The summed E-state index contributed by atoms with van der Waals surface area (Å²) in [6.45, 7) is 3.13. The van der Waals surface area contributed by atoms with E-state index < -0.39 is 23.5 Å². The van der Waals surface area contributed by atoms with E-state index in [-0.39, 0.29) is 17.0 Å². The molecule has 20 heavy (non-hydrogen) atoms. The summed E-state index contributed by atoms with van der Waals surface area (Å²) in [5, 5.41) is 12.4. The van der Waals surface area contributed by atoms with Gasteiger partial charge in [0.25, 0.3) is 0 Å². The third-order valence-electron chi connectivity index (χ3n) is 3.08. The molecule has 0 fully saturated rings. The molecule has 0 saturated heterocycles. The van der Waals surface area contributed by atoms with Crippen molar-refractivity contribution in [3.05, 3.63) is 58.9 Å². The van der Waals surface area contributed by atoms with E-state index in [4.69, 9.17) is 0 Å². The van der Waals surface area contributed by atoms with Gasteiger partial charge in [0.1, 0.15) is 23.2 Å². The van der Waals surface area contributed by atoms with E-state index in [2.05, 4.69) is 5.32 Å². The third kappa shape index (κ3) is 2.87. The number of nitrogens with one attached hydrogen (secondary N) is 1. The summed E-state index contributed by atoms with van der Waals surface area (Å²) in [5.74, 6) is -1.91. The molecule has 0 aromatic heterocycles. The van der Waals surface area contributed by atoms with Crippen LogP contribution in [0, 0.1) is 24.4 Å². The van der Waals surface area contributed by atoms with Gasteiger partial charge in [-0.15, -0.1) is 0 Å². The van der Waals surface area contributed by atoms with E-state index in [0.29, 0.717) is 5.56 Å². The molecule has 106 valence electrons. The monoisotopic (exact) mass is 281 g/mol. The van der Waals surface area contributed by atoms with Crippen LogP contribution in [0.2, 0.25) is 0 Å². The van der Waals surface area contributed by atoms with Gasteiger partial charge in [0.05, 0.1) is 11.7 Å². The van der Waals surface area contributed by atoms with Crippen LogP contribution in [-0.4, -0.2) is 5.11 Å². The number of phenolic OH excluding ortho intramolecular Hbond substituents is 1. The predicted molar refractivity (Wildman–Crippen MR) is 71.2 cm³/mol. The smallest absolute Gasteiger partial charge is 0.146 e. The molecule has 0 heterocycles. The van der Waals surface area contributed by atoms with Gasteiger partial charge in [-0.25, -0.2) is 13.2 Å². The summed E-state index contributed by atoms with van der Waals surface area (Å²) in [6.07, 6.45) is 0. The maximum absolute atomic E-state index is 13.7. The molecule has 5 heteroatoms. The standard InChI is InChI=1S/C15H14F3NO/c1-8-5-13(18)14(7-12(8)17)19-9(2)11-4-3-10(16)6-15(11)20/h3-7,9,19-20H,1-2H3. The average molecular weight is 281 g/mol. The maximum Gasteiger partial charge on any atom is 0.146 e. The fourth-order valence-corrected chi connectivity index (χ4v) is 1.95. The van der Waals surface area contributed by atoms with Gasteiger partial charge < -0.3 is 10.4 Å². The van der Waals surface area contributed by atoms with Gasteiger partial charge in [0.15, 0.2) is 0 Å². The molecule has 0 radical (unpaired) electrons. The number of anilines is 1. The molecule has 2 aromatic rings. The van der Waals surface area contributed by atoms with Gasteiger partial charge in [-0.2, -0.15) is 0 Å². The first-order valence-corrected chi connectivity index (χ1v) is 6.09. The van der Waals surface area contributed by atoms with Crippen molar-refractivity contribution < 1.29 is 18.3 Å². The number of halogens is 3. The first kappa shape index (κ1) is 14.2. The number of aromatic hydroxyl groups is 1. The maximum atomic E-state index is 13.7. The van der Waals surface area contributed by atoms with Crippen LogP contribution in [0.15, 0.2) is 30.3 Å². The van der Waals surface area contributed by atoms with E-state index in [9.17, 15) is 18.3 Å². The highest BCUT2D eigenvalue weighted by Crippen LogP contribution is 2.29. The Bertz CT molecular complexity index is 643. The van der Waals surface area contributed by atoms with Crippen LogP contribution < -0.4 is 5.32 Å². The van der Waals surface area contributed by atoms with Gasteiger partial charge in [-0.3, -0.25) is 0 Å². The highest BCUT2D eigenvalue weighted by molar-refractivity contribution is 5.50. The van der Waals surface area contributed by atoms with Crippen LogP contribution in [0.4, 0.5) is 18.9 Å². The lowest BCUT2D eigenvalue weighted by molar-refractivity contribution is 0.459. The third-order valence-corrected chi connectivity index (χ3v) is 3.08. The Morgan fingerprint density at radius 1 is 1.05 bits per heavy atom. The van der Waals surface area contributed by atoms with Crippen molar-refractivity contribution in [2.45, 2.75) is 19.9 Å². The van der Waals surface area contributed by atoms with Crippen LogP contribution in [0.5, 0.6) is 5.75 Å². The van der Waals surface area contributed by atoms with Gasteiger partial charge >= 0.3 is 0 Å². The van der Waals surface area contributed by atoms with Crippen molar-refractivity contribution in [2.75, 3.05) is 5.32 Å². The lowest BCUT2D eigenvalue weighted by Gasteiger charge is -2.18. The Morgan fingerprint density at radius 2 is 1.75 bits per heavy atom. The lowest BCUT2D eigenvalue weighted by atomic mass is 10.1. The molecule has 1 unspecified atom stereocenters. The Kier molecular flexibility index (Phi) is 3.88. The summed E-state index contributed by atoms with van der Waals surface area (Å²) in [7, 11) is 0. The number of rotatable bonds is 3. The fraction of sp³-hybridized carbons (Fsp3) is 0.200. The van der Waals surface area contributed by atoms with Crippen molar-refractivity contribution >= 4 is 5.69 Å². The van der Waals surface area contributed by atoms with E-state index in [1.165, 1.54) is 19.1 Å². The molecule has 0 aliphatic heterocycles. The minimum atomic E-state index is -0.586. The van der Waals surface area contributed by atoms with Crippen LogP contribution in [0.1, 0.15) is 24.1 Å². The summed E-state index contributed by atoms with van der Waals surface area (Å²) in [5.41, 5.74) is 0.599. The molecule has 2 rings (SSSR count). The largest absolute Gasteiger partial charge is 0.507 e. The number of benzene rings is 2. The average Bonchev–Trinajstić information content (AvgIpc) is 2.35. The van der Waals surface area contributed by atoms with E-state index in [0.717, 1.165) is 18.2 Å². The first-order chi connectivity index (χ1) is 9.38. The molecular formula is C15H14F3NO. The van der Waals surface area contributed by atoms with Crippen molar-refractivity contribution in [1.82, 2.24) is 0 Å². The predicted octanol–water partition coefficient (Wildman–Crippen LogP) is 4.29. The second kappa shape index (κ2) is 5.45. The second-order valence-corrected chi connectivity index (χ2v) is 4.65. The van der Waals surface area contributed by atoms with E-state index in [1.54, 1.807) is 6.92 Å². The Balaban J connectivity index is 2.27. The number of hydrogen-bond acceptors (Lipinski definition) is 2. The molecular weight excluding hydrogens is 267 g/mol. The molecule has 1 atom stereocenters. The molecule has 2 nitrogen and oxygen atoms in total. The summed E-state index contributed by atoms with van der Waals surface area (Å²) < 4.78 is 40.1. The van der Waals surface area contributed by atoms with E-state index in [1.807, 2.05) is 0 Å². The van der Waals surface area contributed by atoms with Gasteiger partial charge in [0.2, 0.25) is 0 Å². The Hall–Kier alpha value is -2.17. The topological polar surface area (TPSA) is 32.3 Å². The molecule has 2 N–H and O–H groups in total. The van der Waals surface area contributed by atoms with Gasteiger partial charge in [-0.1, -0.05) is 6.07 Å². The van der Waals surface area contributed by atoms with Crippen LogP contribution in [-0.2, 0) is 0 Å². The van der Waals surface area contributed by atoms with Crippen LogP contribution in [0.25, 0.3) is 0 Å². The van der Waals surface area contributed by atoms with Crippen LogP contribution >= 0.6 is 0 Å². The zero-order chi connectivity index (χ0) is 14.9. The number of hydrogen-bond donors (Lipinski definition) is 2. The van der Waals surface area contributed by atoms with E-state index >= 15 is 0 Å². The Morgan fingerprint density at radius 3 is 2.40 bits per heavy atom. The Labute approximate surface area is 114 Å². The summed E-state index contributed by atoms with van der Waals surface area (Å²) in [6, 6.07) is 5.20. The lowest BCUT2D eigenvalue weighted by Crippen LogP contribution is -2.09. The van der Waals surface area contributed by atoms with Crippen molar-refractivity contribution in [3.63, 3.8) is 0 Å². The molecule has 2 aromatic carbocycles. The zero-order valence-electron chi connectivity index (χ0n) is 11.0. The van der Waals surface area contributed by atoms with Gasteiger partial charge in [-0.05, 0) is 31.5 Å².